The number of aromatic nitrogens is 3. The number of carbonyl (C=O) groups is 1. The van der Waals surface area contributed by atoms with Crippen LogP contribution in [-0.4, -0.2) is 38.7 Å². The molecule has 1 fully saturated rings. The Labute approximate surface area is 160 Å². The summed E-state index contributed by atoms with van der Waals surface area (Å²) in [7, 11) is 0. The molecule has 1 aromatic carbocycles. The van der Waals surface area contributed by atoms with E-state index in [-0.39, 0.29) is 5.92 Å². The molecule has 142 valence electrons. The minimum Gasteiger partial charge on any atom is -0.347 e. The number of benzene rings is 1. The van der Waals surface area contributed by atoms with Gasteiger partial charge in [-0.1, -0.05) is 19.9 Å². The highest BCUT2D eigenvalue weighted by Gasteiger charge is 2.22. The lowest BCUT2D eigenvalue weighted by atomic mass is 10.0. The predicted octanol–water partition coefficient (Wildman–Crippen LogP) is 4.32. The smallest absolute Gasteiger partial charge is 0.225 e. The highest BCUT2D eigenvalue weighted by Crippen LogP contribution is 2.27. The number of amides is 1. The van der Waals surface area contributed by atoms with Crippen molar-refractivity contribution >= 4 is 16.8 Å². The van der Waals surface area contributed by atoms with Crippen LogP contribution < -0.4 is 0 Å². The molecule has 3 heterocycles. The van der Waals surface area contributed by atoms with Crippen LogP contribution in [0.25, 0.3) is 22.0 Å². The Morgan fingerprint density at radius 2 is 2.11 bits per heavy atom. The van der Waals surface area contributed by atoms with Crippen LogP contribution in [0.4, 0.5) is 0 Å². The molecule has 4 rings (SSSR count). The Hall–Kier alpha value is -2.56. The lowest BCUT2D eigenvalue weighted by Gasteiger charge is -2.22. The summed E-state index contributed by atoms with van der Waals surface area (Å²) >= 11 is 0. The first-order valence-corrected chi connectivity index (χ1v) is 9.98. The third kappa shape index (κ3) is 3.77. The van der Waals surface area contributed by atoms with Crippen molar-refractivity contribution in [1.29, 1.82) is 0 Å². The second-order valence-corrected chi connectivity index (χ2v) is 8.01. The molecule has 1 aliphatic heterocycles. The molecule has 5 heteroatoms. The number of aromatic amines is 1. The summed E-state index contributed by atoms with van der Waals surface area (Å²) in [5.74, 6) is 1.02. The van der Waals surface area contributed by atoms with Crippen LogP contribution in [0.3, 0.4) is 0 Å². The summed E-state index contributed by atoms with van der Waals surface area (Å²) in [6.07, 6.45) is 9.36. The van der Waals surface area contributed by atoms with E-state index in [1.165, 1.54) is 22.9 Å². The molecule has 1 unspecified atom stereocenters. The maximum Gasteiger partial charge on any atom is 0.225 e. The second kappa shape index (κ2) is 7.59. The van der Waals surface area contributed by atoms with E-state index in [1.807, 2.05) is 26.2 Å². The van der Waals surface area contributed by atoms with E-state index in [4.69, 9.17) is 0 Å². The quantitative estimate of drug-likeness (QED) is 0.750. The molecule has 2 aromatic heterocycles. The number of hydrogen-bond donors (Lipinski definition) is 1. The molecule has 3 aromatic rings. The van der Waals surface area contributed by atoms with Crippen LogP contribution in [0.2, 0.25) is 0 Å². The lowest BCUT2D eigenvalue weighted by molar-refractivity contribution is -0.134. The van der Waals surface area contributed by atoms with Gasteiger partial charge in [0, 0.05) is 54.4 Å². The summed E-state index contributed by atoms with van der Waals surface area (Å²) in [5, 5.41) is 8.18. The average Bonchev–Trinajstić information content (AvgIpc) is 3.27. The number of H-pyrrole nitrogens is 1. The minimum atomic E-state index is 0.0966. The standard InChI is InChI=1S/C22H28N4O/c1-16(2)22(27)25-9-3-4-17(7-10-25)15-26-11-8-19-12-18(5-6-21(19)26)20-13-23-24-14-20/h5-6,8,11-14,16-17H,3-4,7,9-10,15H2,1-2H3,(H,23,24). The summed E-state index contributed by atoms with van der Waals surface area (Å²) in [5.41, 5.74) is 3.58. The number of hydrogen-bond acceptors (Lipinski definition) is 2. The molecule has 27 heavy (non-hydrogen) atoms. The minimum absolute atomic E-state index is 0.0966. The highest BCUT2D eigenvalue weighted by atomic mass is 16.2. The van der Waals surface area contributed by atoms with Gasteiger partial charge in [-0.3, -0.25) is 9.89 Å². The zero-order chi connectivity index (χ0) is 18.8. The lowest BCUT2D eigenvalue weighted by Crippen LogP contribution is -2.35. The molecule has 1 aliphatic rings. The van der Waals surface area contributed by atoms with E-state index >= 15 is 0 Å². The first kappa shape index (κ1) is 17.8. The summed E-state index contributed by atoms with van der Waals surface area (Å²) < 4.78 is 2.37. The first-order chi connectivity index (χ1) is 13.1. The zero-order valence-electron chi connectivity index (χ0n) is 16.2. The van der Waals surface area contributed by atoms with Gasteiger partial charge in [0.05, 0.1) is 6.20 Å². The Bertz CT molecular complexity index is 910. The van der Waals surface area contributed by atoms with Crippen molar-refractivity contribution in [2.45, 2.75) is 39.7 Å². The summed E-state index contributed by atoms with van der Waals surface area (Å²) in [6, 6.07) is 8.81. The van der Waals surface area contributed by atoms with Gasteiger partial charge in [0.1, 0.15) is 0 Å². The third-order valence-electron chi connectivity index (χ3n) is 5.71. The van der Waals surface area contributed by atoms with E-state index in [9.17, 15) is 4.79 Å². The van der Waals surface area contributed by atoms with Gasteiger partial charge in [0.2, 0.25) is 5.91 Å². The number of nitrogens with one attached hydrogen (secondary N) is 1. The van der Waals surface area contributed by atoms with Gasteiger partial charge in [0.15, 0.2) is 0 Å². The van der Waals surface area contributed by atoms with Crippen molar-refractivity contribution in [2.24, 2.45) is 11.8 Å². The van der Waals surface area contributed by atoms with E-state index in [1.54, 1.807) is 0 Å². The zero-order valence-corrected chi connectivity index (χ0v) is 16.2. The van der Waals surface area contributed by atoms with Crippen molar-refractivity contribution in [1.82, 2.24) is 19.7 Å². The molecule has 1 atom stereocenters. The number of nitrogens with zero attached hydrogens (tertiary/aromatic N) is 3. The fourth-order valence-corrected chi connectivity index (χ4v) is 4.16. The fraction of sp³-hybridized carbons (Fsp3) is 0.455. The molecule has 1 amide bonds. The fourth-order valence-electron chi connectivity index (χ4n) is 4.16. The Morgan fingerprint density at radius 1 is 1.22 bits per heavy atom. The van der Waals surface area contributed by atoms with Crippen LogP contribution in [0.1, 0.15) is 33.1 Å². The van der Waals surface area contributed by atoms with Crippen molar-refractivity contribution in [3.05, 3.63) is 42.9 Å². The van der Waals surface area contributed by atoms with Crippen LogP contribution in [0, 0.1) is 11.8 Å². The molecule has 1 N–H and O–H groups in total. The summed E-state index contributed by atoms with van der Waals surface area (Å²) in [4.78, 5) is 14.4. The molecular formula is C22H28N4O. The van der Waals surface area contributed by atoms with E-state index in [0.717, 1.165) is 38.0 Å². The second-order valence-electron chi connectivity index (χ2n) is 8.01. The van der Waals surface area contributed by atoms with Crippen molar-refractivity contribution in [2.75, 3.05) is 13.1 Å². The van der Waals surface area contributed by atoms with Gasteiger partial charge in [-0.15, -0.1) is 0 Å². The van der Waals surface area contributed by atoms with Gasteiger partial charge < -0.3 is 9.47 Å². The molecule has 0 radical (unpaired) electrons. The molecule has 0 bridgehead atoms. The van der Waals surface area contributed by atoms with Crippen molar-refractivity contribution in [3.8, 4) is 11.1 Å². The molecular weight excluding hydrogens is 336 g/mol. The maximum absolute atomic E-state index is 12.3. The molecule has 0 saturated carbocycles. The molecule has 5 nitrogen and oxygen atoms in total. The Balaban J connectivity index is 1.46. The van der Waals surface area contributed by atoms with Crippen LogP contribution in [0.15, 0.2) is 42.9 Å². The molecule has 0 aliphatic carbocycles. The average molecular weight is 364 g/mol. The van der Waals surface area contributed by atoms with Crippen LogP contribution in [-0.2, 0) is 11.3 Å². The van der Waals surface area contributed by atoms with Crippen molar-refractivity contribution < 1.29 is 4.79 Å². The molecule has 0 spiro atoms. The normalized spacial score (nSPS) is 18.2. The topological polar surface area (TPSA) is 53.9 Å². The largest absolute Gasteiger partial charge is 0.347 e. The number of likely N-dealkylation sites (tertiary alicyclic amines) is 1. The van der Waals surface area contributed by atoms with E-state index in [0.29, 0.717) is 11.8 Å². The first-order valence-electron chi connectivity index (χ1n) is 9.98. The number of fused-ring (bicyclic) bond motifs is 1. The SMILES string of the molecule is CC(C)C(=O)N1CCCC(Cn2ccc3cc(-c4cn[nH]c4)ccc32)CC1. The van der Waals surface area contributed by atoms with Gasteiger partial charge in [-0.25, -0.2) is 0 Å². The van der Waals surface area contributed by atoms with Crippen LogP contribution in [0.5, 0.6) is 0 Å². The van der Waals surface area contributed by atoms with Gasteiger partial charge in [-0.2, -0.15) is 5.10 Å². The Morgan fingerprint density at radius 3 is 2.89 bits per heavy atom. The van der Waals surface area contributed by atoms with E-state index < -0.39 is 0 Å². The van der Waals surface area contributed by atoms with E-state index in [2.05, 4.69) is 50.1 Å². The van der Waals surface area contributed by atoms with Gasteiger partial charge in [0.25, 0.3) is 0 Å². The number of carbonyl (C=O) groups excluding carboxylic acids is 1. The monoisotopic (exact) mass is 364 g/mol. The summed E-state index contributed by atoms with van der Waals surface area (Å²) in [6.45, 7) is 6.82. The van der Waals surface area contributed by atoms with Gasteiger partial charge in [-0.05, 0) is 48.9 Å². The predicted molar refractivity (Wildman–Crippen MR) is 108 cm³/mol. The van der Waals surface area contributed by atoms with Crippen LogP contribution >= 0.6 is 0 Å². The highest BCUT2D eigenvalue weighted by molar-refractivity contribution is 5.85. The van der Waals surface area contributed by atoms with Crippen molar-refractivity contribution in [3.63, 3.8) is 0 Å². The molecule has 1 saturated heterocycles. The third-order valence-corrected chi connectivity index (χ3v) is 5.71. The maximum atomic E-state index is 12.3. The van der Waals surface area contributed by atoms with Gasteiger partial charge >= 0.3 is 0 Å². The Kier molecular flexibility index (Phi) is 5.01. The number of rotatable bonds is 4.